The molecule has 1 aromatic rings. The van der Waals surface area contributed by atoms with Crippen molar-refractivity contribution >= 4 is 28.4 Å². The van der Waals surface area contributed by atoms with Crippen molar-refractivity contribution in [2.24, 2.45) is 0 Å². The highest BCUT2D eigenvalue weighted by molar-refractivity contribution is 7.13. The van der Waals surface area contributed by atoms with E-state index < -0.39 is 4.92 Å². The maximum absolute atomic E-state index is 11.1. The number of nitro groups is 1. The van der Waals surface area contributed by atoms with Crippen LogP contribution in [0.25, 0.3) is 6.08 Å². The number of hydrogen-bond donors (Lipinski definition) is 0. The molecule has 0 aliphatic carbocycles. The van der Waals surface area contributed by atoms with Crippen molar-refractivity contribution in [2.45, 2.75) is 6.42 Å². The number of hydrogen-bond acceptors (Lipinski definition) is 5. The lowest BCUT2D eigenvalue weighted by Gasteiger charge is -1.91. The predicted octanol–water partition coefficient (Wildman–Crippen LogP) is 1.99. The molecule has 1 aliphatic heterocycles. The molecule has 15 heavy (non-hydrogen) atoms. The Morgan fingerprint density at radius 3 is 3.00 bits per heavy atom. The molecule has 0 N–H and O–H groups in total. The van der Waals surface area contributed by atoms with Gasteiger partial charge in [0.05, 0.1) is 17.1 Å². The molecule has 0 aromatic carbocycles. The molecule has 1 aromatic heterocycles. The number of esters is 1. The lowest BCUT2D eigenvalue weighted by molar-refractivity contribution is -0.380. The summed E-state index contributed by atoms with van der Waals surface area (Å²) in [5.41, 5.74) is 0.968. The predicted molar refractivity (Wildman–Crippen MR) is 54.5 cm³/mol. The zero-order chi connectivity index (χ0) is 10.8. The van der Waals surface area contributed by atoms with Gasteiger partial charge in [0.15, 0.2) is 0 Å². The molecule has 0 saturated carbocycles. The maximum Gasteiger partial charge on any atom is 0.334 e. The summed E-state index contributed by atoms with van der Waals surface area (Å²) in [6, 6.07) is 1.63. The lowest BCUT2D eigenvalue weighted by atomic mass is 10.1. The minimum Gasteiger partial charge on any atom is -0.462 e. The van der Waals surface area contributed by atoms with E-state index in [4.69, 9.17) is 4.74 Å². The third-order valence-corrected chi connectivity index (χ3v) is 2.92. The van der Waals surface area contributed by atoms with Crippen LogP contribution in [0.1, 0.15) is 12.0 Å². The van der Waals surface area contributed by atoms with E-state index in [9.17, 15) is 14.9 Å². The van der Waals surface area contributed by atoms with E-state index in [-0.39, 0.29) is 11.0 Å². The first-order valence-corrected chi connectivity index (χ1v) is 5.16. The van der Waals surface area contributed by atoms with Gasteiger partial charge in [-0.15, -0.1) is 0 Å². The van der Waals surface area contributed by atoms with E-state index >= 15 is 0 Å². The summed E-state index contributed by atoms with van der Waals surface area (Å²) in [6.07, 6.45) is 2.05. The van der Waals surface area contributed by atoms with E-state index in [1.807, 2.05) is 0 Å². The molecule has 0 radical (unpaired) electrons. The molecule has 0 bridgehead atoms. The number of rotatable bonds is 2. The van der Waals surface area contributed by atoms with Gasteiger partial charge in [-0.1, -0.05) is 11.3 Å². The molecule has 1 saturated heterocycles. The Labute approximate surface area is 89.1 Å². The maximum atomic E-state index is 11.1. The molecule has 0 amide bonds. The summed E-state index contributed by atoms with van der Waals surface area (Å²) >= 11 is 1.05. The lowest BCUT2D eigenvalue weighted by Crippen LogP contribution is -1.94. The van der Waals surface area contributed by atoms with Crippen LogP contribution in [-0.4, -0.2) is 17.5 Å². The Morgan fingerprint density at radius 2 is 2.40 bits per heavy atom. The fraction of sp³-hybridized carbons (Fsp3) is 0.222. The van der Waals surface area contributed by atoms with E-state index in [1.165, 1.54) is 6.08 Å². The number of ether oxygens (including phenoxy) is 1. The Morgan fingerprint density at radius 1 is 1.60 bits per heavy atom. The van der Waals surface area contributed by atoms with Crippen LogP contribution >= 0.6 is 11.3 Å². The van der Waals surface area contributed by atoms with E-state index in [0.717, 1.165) is 11.3 Å². The molecular weight excluding hydrogens is 218 g/mol. The molecule has 0 spiro atoms. The second-order valence-corrected chi connectivity index (χ2v) is 3.89. The van der Waals surface area contributed by atoms with Gasteiger partial charge in [0.25, 0.3) is 0 Å². The van der Waals surface area contributed by atoms with Gasteiger partial charge in [0.1, 0.15) is 0 Å². The smallest absolute Gasteiger partial charge is 0.334 e. The average molecular weight is 225 g/mol. The zero-order valence-electron chi connectivity index (χ0n) is 7.63. The van der Waals surface area contributed by atoms with Crippen LogP contribution in [0.15, 0.2) is 17.0 Å². The van der Waals surface area contributed by atoms with Gasteiger partial charge in [-0.05, 0) is 17.5 Å². The van der Waals surface area contributed by atoms with Gasteiger partial charge in [0.2, 0.25) is 0 Å². The standard InChI is InChI=1S/C9H7NO4S/c11-9-7(1-3-14-9)5-6-2-4-15-8(6)10(12)13/h2,4-5H,1,3H2. The van der Waals surface area contributed by atoms with Crippen molar-refractivity contribution in [1.29, 1.82) is 0 Å². The molecule has 6 heteroatoms. The Balaban J connectivity index is 2.34. The second-order valence-electron chi connectivity index (χ2n) is 2.99. The quantitative estimate of drug-likeness (QED) is 0.334. The fourth-order valence-corrected chi connectivity index (χ4v) is 2.03. The number of carbonyl (C=O) groups is 1. The van der Waals surface area contributed by atoms with E-state index in [1.54, 1.807) is 11.4 Å². The monoisotopic (exact) mass is 225 g/mol. The number of thiophene rings is 1. The fourth-order valence-electron chi connectivity index (χ4n) is 1.34. The summed E-state index contributed by atoms with van der Waals surface area (Å²) in [4.78, 5) is 21.3. The van der Waals surface area contributed by atoms with Crippen LogP contribution in [0.2, 0.25) is 0 Å². The van der Waals surface area contributed by atoms with Crippen molar-refractivity contribution in [1.82, 2.24) is 0 Å². The molecule has 2 heterocycles. The van der Waals surface area contributed by atoms with E-state index in [0.29, 0.717) is 24.2 Å². The highest BCUT2D eigenvalue weighted by Crippen LogP contribution is 2.29. The molecule has 0 atom stereocenters. The van der Waals surface area contributed by atoms with Crippen molar-refractivity contribution in [3.63, 3.8) is 0 Å². The summed E-state index contributed by atoms with van der Waals surface area (Å²) in [5, 5.41) is 12.3. The number of carbonyl (C=O) groups excluding carboxylic acids is 1. The third kappa shape index (κ3) is 1.89. The Kier molecular flexibility index (Phi) is 2.51. The van der Waals surface area contributed by atoms with Crippen LogP contribution in [0, 0.1) is 10.1 Å². The van der Waals surface area contributed by atoms with Crippen LogP contribution in [0.4, 0.5) is 5.00 Å². The van der Waals surface area contributed by atoms with Crippen LogP contribution in [0.5, 0.6) is 0 Å². The van der Waals surface area contributed by atoms with Gasteiger partial charge in [-0.2, -0.15) is 0 Å². The summed E-state index contributed by atoms with van der Waals surface area (Å²) < 4.78 is 4.74. The minimum absolute atomic E-state index is 0.0576. The largest absolute Gasteiger partial charge is 0.462 e. The SMILES string of the molecule is O=C1OCCC1=Cc1ccsc1[N+](=O)[O-]. The summed E-state index contributed by atoms with van der Waals surface area (Å²) in [5.74, 6) is -0.379. The van der Waals surface area contributed by atoms with Gasteiger partial charge in [0, 0.05) is 12.0 Å². The zero-order valence-corrected chi connectivity index (χ0v) is 8.45. The molecule has 0 unspecified atom stereocenters. The Bertz CT molecular complexity index is 449. The molecule has 1 aliphatic rings. The topological polar surface area (TPSA) is 69.4 Å². The summed E-state index contributed by atoms with van der Waals surface area (Å²) in [6.45, 7) is 0.364. The van der Waals surface area contributed by atoms with Crippen molar-refractivity contribution in [3.8, 4) is 0 Å². The van der Waals surface area contributed by atoms with Crippen LogP contribution in [0.3, 0.4) is 0 Å². The van der Waals surface area contributed by atoms with Gasteiger partial charge < -0.3 is 4.74 Å². The molecule has 78 valence electrons. The highest BCUT2D eigenvalue weighted by Gasteiger charge is 2.21. The molecule has 5 nitrogen and oxygen atoms in total. The molecular formula is C9H7NO4S. The average Bonchev–Trinajstić information content (AvgIpc) is 2.77. The normalized spacial score (nSPS) is 18.1. The van der Waals surface area contributed by atoms with E-state index in [2.05, 4.69) is 0 Å². The number of nitrogens with zero attached hydrogens (tertiary/aromatic N) is 1. The van der Waals surface area contributed by atoms with Gasteiger partial charge in [-0.25, -0.2) is 4.79 Å². The first-order chi connectivity index (χ1) is 7.18. The van der Waals surface area contributed by atoms with Crippen LogP contribution < -0.4 is 0 Å². The second kappa shape index (κ2) is 3.82. The van der Waals surface area contributed by atoms with Crippen molar-refractivity contribution in [3.05, 3.63) is 32.7 Å². The van der Waals surface area contributed by atoms with Gasteiger partial charge >= 0.3 is 11.0 Å². The first-order valence-electron chi connectivity index (χ1n) is 4.28. The van der Waals surface area contributed by atoms with Crippen LogP contribution in [-0.2, 0) is 9.53 Å². The minimum atomic E-state index is -0.447. The number of cyclic esters (lactones) is 1. The van der Waals surface area contributed by atoms with Crippen molar-refractivity contribution in [2.75, 3.05) is 6.61 Å². The van der Waals surface area contributed by atoms with Crippen molar-refractivity contribution < 1.29 is 14.5 Å². The molecule has 2 rings (SSSR count). The first kappa shape index (κ1) is 9.85. The highest BCUT2D eigenvalue weighted by atomic mass is 32.1. The summed E-state index contributed by atoms with van der Waals surface area (Å²) in [7, 11) is 0. The van der Waals surface area contributed by atoms with Gasteiger partial charge in [-0.3, -0.25) is 10.1 Å². The molecule has 1 fully saturated rings. The Hall–Kier alpha value is -1.69. The third-order valence-electron chi connectivity index (χ3n) is 2.04.